The fraction of sp³-hybridized carbons (Fsp3) is 0.190. The number of pyridine rings is 2. The van der Waals surface area contributed by atoms with Gasteiger partial charge in [-0.3, -0.25) is 4.98 Å². The summed E-state index contributed by atoms with van der Waals surface area (Å²) in [6.07, 6.45) is -1.92. The van der Waals surface area contributed by atoms with Gasteiger partial charge < -0.3 is 20.1 Å². The van der Waals surface area contributed by atoms with E-state index in [-0.39, 0.29) is 24.3 Å². The van der Waals surface area contributed by atoms with Gasteiger partial charge >= 0.3 is 12.4 Å². The smallest absolute Gasteiger partial charge is 0.491 e. The molecular weight excluding hydrogens is 512 g/mol. The zero-order valence-electron chi connectivity index (χ0n) is 16.6. The van der Waals surface area contributed by atoms with Crippen LogP contribution in [0.15, 0.2) is 59.5 Å². The van der Waals surface area contributed by atoms with Crippen molar-refractivity contribution in [3.8, 4) is 11.5 Å². The molecule has 2 N–H and O–H groups in total. The van der Waals surface area contributed by atoms with Crippen LogP contribution in [0.5, 0.6) is 11.5 Å². The number of amides is 2. The minimum atomic E-state index is -5.05. The SMILES string of the molecule is O=C(Nc1cccnc1Br)NC1(c2ccc(OC(F)(F)F)c(F)c2)CCOc2cccnc21. The van der Waals surface area contributed by atoms with Gasteiger partial charge in [-0.2, -0.15) is 0 Å². The van der Waals surface area contributed by atoms with Gasteiger partial charge in [0, 0.05) is 18.8 Å². The molecule has 12 heteroatoms. The maximum absolute atomic E-state index is 14.6. The second-order valence-corrected chi connectivity index (χ2v) is 7.72. The van der Waals surface area contributed by atoms with E-state index >= 15 is 0 Å². The molecule has 1 unspecified atom stereocenters. The number of anilines is 1. The highest BCUT2D eigenvalue weighted by molar-refractivity contribution is 9.10. The van der Waals surface area contributed by atoms with Crippen molar-refractivity contribution in [3.05, 3.63) is 76.5 Å². The van der Waals surface area contributed by atoms with Gasteiger partial charge in [-0.25, -0.2) is 14.2 Å². The molecule has 1 aliphatic heterocycles. The molecule has 0 spiro atoms. The molecule has 1 aliphatic rings. The first-order valence-corrected chi connectivity index (χ1v) is 10.3. The number of urea groups is 1. The zero-order valence-corrected chi connectivity index (χ0v) is 18.2. The Morgan fingerprint density at radius 1 is 1.15 bits per heavy atom. The Hall–Kier alpha value is -3.41. The van der Waals surface area contributed by atoms with Crippen molar-refractivity contribution in [2.75, 3.05) is 11.9 Å². The second kappa shape index (κ2) is 8.85. The van der Waals surface area contributed by atoms with E-state index in [2.05, 4.69) is 41.3 Å². The van der Waals surface area contributed by atoms with Crippen molar-refractivity contribution in [3.63, 3.8) is 0 Å². The summed E-state index contributed by atoms with van der Waals surface area (Å²) in [6.45, 7) is 0.137. The van der Waals surface area contributed by atoms with E-state index in [1.165, 1.54) is 18.5 Å². The number of alkyl halides is 3. The van der Waals surface area contributed by atoms with Gasteiger partial charge in [0.05, 0.1) is 12.3 Å². The van der Waals surface area contributed by atoms with E-state index in [0.29, 0.717) is 16.0 Å². The number of ether oxygens (including phenoxy) is 2. The van der Waals surface area contributed by atoms with Crippen LogP contribution in [0.4, 0.5) is 28.0 Å². The lowest BCUT2D eigenvalue weighted by atomic mass is 9.81. The summed E-state index contributed by atoms with van der Waals surface area (Å²) in [5.41, 5.74) is -0.581. The molecule has 2 aromatic heterocycles. The number of benzene rings is 1. The topological polar surface area (TPSA) is 85.4 Å². The number of fused-ring (bicyclic) bond motifs is 1. The van der Waals surface area contributed by atoms with E-state index in [1.807, 2.05) is 0 Å². The van der Waals surface area contributed by atoms with Crippen molar-refractivity contribution < 1.29 is 31.8 Å². The Bertz CT molecular complexity index is 1190. The van der Waals surface area contributed by atoms with Crippen molar-refractivity contribution >= 4 is 27.6 Å². The third-order valence-corrected chi connectivity index (χ3v) is 5.53. The predicted octanol–water partition coefficient (Wildman–Crippen LogP) is 5.12. The maximum atomic E-state index is 14.6. The van der Waals surface area contributed by atoms with Gasteiger partial charge in [-0.15, -0.1) is 13.2 Å². The first-order chi connectivity index (χ1) is 15.7. The van der Waals surface area contributed by atoms with Crippen molar-refractivity contribution in [1.82, 2.24) is 15.3 Å². The lowest BCUT2D eigenvalue weighted by Crippen LogP contribution is -2.51. The van der Waals surface area contributed by atoms with E-state index in [0.717, 1.165) is 12.1 Å². The number of carbonyl (C=O) groups is 1. The molecular formula is C21H15BrF4N4O3. The second-order valence-electron chi connectivity index (χ2n) is 6.97. The third-order valence-electron chi connectivity index (χ3n) is 4.89. The van der Waals surface area contributed by atoms with Crippen LogP contribution in [0.2, 0.25) is 0 Å². The van der Waals surface area contributed by atoms with Crippen LogP contribution in [0.1, 0.15) is 17.7 Å². The molecule has 2 amide bonds. The monoisotopic (exact) mass is 526 g/mol. The van der Waals surface area contributed by atoms with Gasteiger partial charge in [0.15, 0.2) is 11.6 Å². The Labute approximate surface area is 193 Å². The van der Waals surface area contributed by atoms with Crippen LogP contribution in [0.25, 0.3) is 0 Å². The quantitative estimate of drug-likeness (QED) is 0.364. The average Bonchev–Trinajstić information content (AvgIpc) is 2.76. The number of carbonyl (C=O) groups excluding carboxylic acids is 1. The van der Waals surface area contributed by atoms with Crippen LogP contribution in [-0.4, -0.2) is 29.0 Å². The third kappa shape index (κ3) is 4.85. The van der Waals surface area contributed by atoms with Crippen molar-refractivity contribution in [1.29, 1.82) is 0 Å². The largest absolute Gasteiger partial charge is 0.573 e. The molecule has 0 radical (unpaired) electrons. The lowest BCUT2D eigenvalue weighted by molar-refractivity contribution is -0.275. The molecule has 3 heterocycles. The molecule has 33 heavy (non-hydrogen) atoms. The minimum absolute atomic E-state index is 0.136. The number of aromatic nitrogens is 2. The highest BCUT2D eigenvalue weighted by Crippen LogP contribution is 2.42. The Morgan fingerprint density at radius 2 is 1.91 bits per heavy atom. The van der Waals surface area contributed by atoms with Gasteiger partial charge in [-0.1, -0.05) is 6.07 Å². The van der Waals surface area contributed by atoms with Gasteiger partial charge in [0.25, 0.3) is 0 Å². The van der Waals surface area contributed by atoms with Crippen LogP contribution < -0.4 is 20.1 Å². The normalized spacial score (nSPS) is 17.5. The van der Waals surface area contributed by atoms with Crippen LogP contribution >= 0.6 is 15.9 Å². The van der Waals surface area contributed by atoms with Gasteiger partial charge in [0.1, 0.15) is 21.6 Å². The summed E-state index contributed by atoms with van der Waals surface area (Å²) in [6, 6.07) is 8.80. The molecule has 0 aliphatic carbocycles. The minimum Gasteiger partial charge on any atom is -0.491 e. The molecule has 0 bridgehead atoms. The molecule has 4 rings (SSSR count). The maximum Gasteiger partial charge on any atom is 0.573 e. The lowest BCUT2D eigenvalue weighted by Gasteiger charge is -2.39. The number of nitrogens with zero attached hydrogens (tertiary/aromatic N) is 2. The number of hydrogen-bond donors (Lipinski definition) is 2. The molecule has 3 aromatic rings. The van der Waals surface area contributed by atoms with Crippen LogP contribution in [0, 0.1) is 5.82 Å². The van der Waals surface area contributed by atoms with Crippen molar-refractivity contribution in [2.45, 2.75) is 18.3 Å². The van der Waals surface area contributed by atoms with Crippen LogP contribution in [-0.2, 0) is 5.54 Å². The van der Waals surface area contributed by atoms with E-state index in [1.54, 1.807) is 24.3 Å². The first kappa shape index (κ1) is 22.8. The predicted molar refractivity (Wildman–Crippen MR) is 112 cm³/mol. The number of hydrogen-bond acceptors (Lipinski definition) is 5. The van der Waals surface area contributed by atoms with Crippen molar-refractivity contribution in [2.24, 2.45) is 0 Å². The fourth-order valence-corrected chi connectivity index (χ4v) is 3.88. The zero-order chi connectivity index (χ0) is 23.6. The molecule has 0 fully saturated rings. The summed E-state index contributed by atoms with van der Waals surface area (Å²) in [5, 5.41) is 5.45. The number of nitrogens with one attached hydrogen (secondary N) is 2. The van der Waals surface area contributed by atoms with E-state index in [4.69, 9.17) is 4.74 Å². The molecule has 1 atom stereocenters. The molecule has 0 saturated heterocycles. The Kier molecular flexibility index (Phi) is 6.11. The number of halogens is 5. The van der Waals surface area contributed by atoms with E-state index in [9.17, 15) is 22.4 Å². The highest BCUT2D eigenvalue weighted by Gasteiger charge is 2.43. The highest BCUT2D eigenvalue weighted by atomic mass is 79.9. The number of rotatable bonds is 4. The van der Waals surface area contributed by atoms with E-state index < -0.39 is 29.5 Å². The Balaban J connectivity index is 1.75. The summed E-state index contributed by atoms with van der Waals surface area (Å²) in [5.74, 6) is -1.88. The van der Waals surface area contributed by atoms with Crippen LogP contribution in [0.3, 0.4) is 0 Å². The standard InChI is InChI=1S/C21H15BrF4N4O3/c22-18-14(3-1-9-28-18)29-19(31)30-20(7-10-32-16-4-2-8-27-17(16)20)12-5-6-15(13(23)11-12)33-21(24,25)26/h1-6,8-9,11H,7,10H2,(H2,29,30,31). The van der Waals surface area contributed by atoms with Gasteiger partial charge in [0.2, 0.25) is 0 Å². The fourth-order valence-electron chi connectivity index (χ4n) is 3.54. The first-order valence-electron chi connectivity index (χ1n) is 9.52. The summed E-state index contributed by atoms with van der Waals surface area (Å²) < 4.78 is 62.0. The molecule has 1 aromatic carbocycles. The molecule has 7 nitrogen and oxygen atoms in total. The average molecular weight is 527 g/mol. The summed E-state index contributed by atoms with van der Waals surface area (Å²) in [4.78, 5) is 21.3. The molecule has 172 valence electrons. The summed E-state index contributed by atoms with van der Waals surface area (Å²) >= 11 is 3.23. The molecule has 0 saturated carbocycles. The summed E-state index contributed by atoms with van der Waals surface area (Å²) in [7, 11) is 0. The van der Waals surface area contributed by atoms with Gasteiger partial charge in [-0.05, 0) is 57.9 Å². The Morgan fingerprint density at radius 3 is 2.64 bits per heavy atom.